The van der Waals surface area contributed by atoms with E-state index >= 15 is 0 Å². The van der Waals surface area contributed by atoms with E-state index in [0.29, 0.717) is 23.7 Å². The molecule has 9 heteroatoms. The number of aromatic nitrogens is 2. The highest BCUT2D eigenvalue weighted by Gasteiger charge is 2.17. The van der Waals surface area contributed by atoms with Gasteiger partial charge in [0.1, 0.15) is 11.5 Å². The fourth-order valence-electron chi connectivity index (χ4n) is 2.47. The molecule has 0 saturated heterocycles. The molecular formula is C17H18FN3O4S. The van der Waals surface area contributed by atoms with Crippen molar-refractivity contribution in [1.82, 2.24) is 14.3 Å². The lowest BCUT2D eigenvalue weighted by molar-refractivity contribution is 0.385. The molecule has 0 radical (unpaired) electrons. The second kappa shape index (κ2) is 7.30. The number of imidazole rings is 1. The molecule has 0 spiro atoms. The number of furan rings is 1. The largest absolute Gasteiger partial charge is 0.494 e. The summed E-state index contributed by atoms with van der Waals surface area (Å²) in [6.07, 6.45) is 3.74. The molecule has 0 aliphatic carbocycles. The molecule has 0 unspecified atom stereocenters. The molecule has 0 aliphatic rings. The average Bonchev–Trinajstić information content (AvgIpc) is 3.25. The SMILES string of the molecule is COc1ccc(S(=O)(=O)NCCc2nc(-c3ccco3)cn2C)cc1F. The summed E-state index contributed by atoms with van der Waals surface area (Å²) in [4.78, 5) is 4.28. The molecule has 3 rings (SSSR count). The summed E-state index contributed by atoms with van der Waals surface area (Å²) >= 11 is 0. The van der Waals surface area contributed by atoms with Crippen molar-refractivity contribution < 1.29 is 22.0 Å². The fraction of sp³-hybridized carbons (Fsp3) is 0.235. The van der Waals surface area contributed by atoms with Crippen LogP contribution in [0.2, 0.25) is 0 Å². The molecule has 1 N–H and O–H groups in total. The van der Waals surface area contributed by atoms with Crippen molar-refractivity contribution in [2.75, 3.05) is 13.7 Å². The number of methoxy groups -OCH3 is 1. The minimum atomic E-state index is -3.83. The summed E-state index contributed by atoms with van der Waals surface area (Å²) in [5, 5.41) is 0. The van der Waals surface area contributed by atoms with Crippen molar-refractivity contribution in [3.8, 4) is 17.2 Å². The van der Waals surface area contributed by atoms with Crippen LogP contribution in [0.3, 0.4) is 0 Å². The first-order chi connectivity index (χ1) is 12.4. The van der Waals surface area contributed by atoms with E-state index in [4.69, 9.17) is 9.15 Å². The van der Waals surface area contributed by atoms with E-state index in [2.05, 4.69) is 9.71 Å². The maximum Gasteiger partial charge on any atom is 0.240 e. The van der Waals surface area contributed by atoms with Gasteiger partial charge < -0.3 is 13.7 Å². The maximum atomic E-state index is 13.7. The molecule has 0 bridgehead atoms. The van der Waals surface area contributed by atoms with Gasteiger partial charge in [-0.15, -0.1) is 0 Å². The zero-order valence-electron chi connectivity index (χ0n) is 14.3. The predicted molar refractivity (Wildman–Crippen MR) is 92.8 cm³/mol. The summed E-state index contributed by atoms with van der Waals surface area (Å²) in [7, 11) is -0.693. The number of aryl methyl sites for hydroxylation is 1. The number of ether oxygens (including phenoxy) is 1. The number of benzene rings is 1. The van der Waals surface area contributed by atoms with Crippen LogP contribution in [-0.4, -0.2) is 31.6 Å². The van der Waals surface area contributed by atoms with Crippen LogP contribution >= 0.6 is 0 Å². The Morgan fingerprint density at radius 3 is 2.81 bits per heavy atom. The van der Waals surface area contributed by atoms with E-state index < -0.39 is 15.8 Å². The van der Waals surface area contributed by atoms with Gasteiger partial charge in [-0.05, 0) is 30.3 Å². The molecule has 0 amide bonds. The Morgan fingerprint density at radius 2 is 2.15 bits per heavy atom. The number of sulfonamides is 1. The van der Waals surface area contributed by atoms with Crippen molar-refractivity contribution in [2.24, 2.45) is 7.05 Å². The molecule has 3 aromatic rings. The zero-order valence-corrected chi connectivity index (χ0v) is 15.1. The minimum Gasteiger partial charge on any atom is -0.494 e. The van der Waals surface area contributed by atoms with Crippen molar-refractivity contribution in [2.45, 2.75) is 11.3 Å². The Hall–Kier alpha value is -2.65. The quantitative estimate of drug-likeness (QED) is 0.681. The summed E-state index contributed by atoms with van der Waals surface area (Å²) < 4.78 is 52.6. The van der Waals surface area contributed by atoms with Gasteiger partial charge in [-0.3, -0.25) is 0 Å². The van der Waals surface area contributed by atoms with Crippen LogP contribution in [0.4, 0.5) is 4.39 Å². The van der Waals surface area contributed by atoms with Crippen molar-refractivity contribution in [3.05, 3.63) is 54.4 Å². The number of rotatable bonds is 7. The van der Waals surface area contributed by atoms with E-state index in [1.165, 1.54) is 19.2 Å². The van der Waals surface area contributed by atoms with Crippen LogP contribution in [0.5, 0.6) is 5.75 Å². The third-order valence-corrected chi connectivity index (χ3v) is 5.28. The third-order valence-electron chi connectivity index (χ3n) is 3.82. The molecule has 0 atom stereocenters. The van der Waals surface area contributed by atoms with Crippen LogP contribution in [-0.2, 0) is 23.5 Å². The molecule has 1 aromatic carbocycles. The highest BCUT2D eigenvalue weighted by Crippen LogP contribution is 2.21. The van der Waals surface area contributed by atoms with Gasteiger partial charge in [0, 0.05) is 26.2 Å². The third kappa shape index (κ3) is 3.78. The molecule has 2 aromatic heterocycles. The summed E-state index contributed by atoms with van der Waals surface area (Å²) in [6.45, 7) is 0.123. The normalized spacial score (nSPS) is 11.7. The van der Waals surface area contributed by atoms with Gasteiger partial charge in [-0.25, -0.2) is 22.5 Å². The second-order valence-corrected chi connectivity index (χ2v) is 7.34. The van der Waals surface area contributed by atoms with Crippen LogP contribution in [0.1, 0.15) is 5.82 Å². The van der Waals surface area contributed by atoms with Gasteiger partial charge in [0.2, 0.25) is 10.0 Å². The van der Waals surface area contributed by atoms with Crippen molar-refractivity contribution in [1.29, 1.82) is 0 Å². The summed E-state index contributed by atoms with van der Waals surface area (Å²) in [5.74, 6) is 0.589. The van der Waals surface area contributed by atoms with Gasteiger partial charge in [-0.1, -0.05) is 0 Å². The number of halogens is 1. The Morgan fingerprint density at radius 1 is 1.35 bits per heavy atom. The molecular weight excluding hydrogens is 361 g/mol. The van der Waals surface area contributed by atoms with Gasteiger partial charge in [0.25, 0.3) is 0 Å². The van der Waals surface area contributed by atoms with Gasteiger partial charge in [0.15, 0.2) is 17.3 Å². The monoisotopic (exact) mass is 379 g/mol. The van der Waals surface area contributed by atoms with Crippen LogP contribution < -0.4 is 9.46 Å². The van der Waals surface area contributed by atoms with Crippen molar-refractivity contribution in [3.63, 3.8) is 0 Å². The molecule has 2 heterocycles. The average molecular weight is 379 g/mol. The Labute approximate surface area is 150 Å². The first-order valence-electron chi connectivity index (χ1n) is 7.80. The molecule has 0 aliphatic heterocycles. The van der Waals surface area contributed by atoms with E-state index in [-0.39, 0.29) is 17.2 Å². The lowest BCUT2D eigenvalue weighted by Crippen LogP contribution is -2.26. The smallest absolute Gasteiger partial charge is 0.240 e. The van der Waals surface area contributed by atoms with E-state index in [1.54, 1.807) is 23.0 Å². The van der Waals surface area contributed by atoms with Crippen LogP contribution in [0.15, 0.2) is 52.1 Å². The Balaban J connectivity index is 1.67. The first-order valence-corrected chi connectivity index (χ1v) is 9.28. The first kappa shape index (κ1) is 18.2. The highest BCUT2D eigenvalue weighted by atomic mass is 32.2. The van der Waals surface area contributed by atoms with E-state index in [1.807, 2.05) is 13.2 Å². The lowest BCUT2D eigenvalue weighted by atomic mass is 10.3. The van der Waals surface area contributed by atoms with Crippen molar-refractivity contribution >= 4 is 10.0 Å². The van der Waals surface area contributed by atoms with Crippen LogP contribution in [0.25, 0.3) is 11.5 Å². The summed E-state index contributed by atoms with van der Waals surface area (Å²) in [5.41, 5.74) is 0.674. The van der Waals surface area contributed by atoms with Gasteiger partial charge >= 0.3 is 0 Å². The molecule has 7 nitrogen and oxygen atoms in total. The highest BCUT2D eigenvalue weighted by molar-refractivity contribution is 7.89. The standard InChI is InChI=1S/C17H18FN3O4S/c1-21-11-14(16-4-3-9-25-16)20-17(21)7-8-19-26(22,23)12-5-6-15(24-2)13(18)10-12/h3-6,9-11,19H,7-8H2,1-2H3. The molecule has 0 saturated carbocycles. The number of hydrogen-bond donors (Lipinski definition) is 1. The van der Waals surface area contributed by atoms with E-state index in [0.717, 1.165) is 6.07 Å². The molecule has 138 valence electrons. The number of nitrogens with one attached hydrogen (secondary N) is 1. The minimum absolute atomic E-state index is 0.0117. The molecule has 0 fully saturated rings. The predicted octanol–water partition coefficient (Wildman–Crippen LogP) is 2.35. The van der Waals surface area contributed by atoms with Gasteiger partial charge in [-0.2, -0.15) is 0 Å². The van der Waals surface area contributed by atoms with E-state index in [9.17, 15) is 12.8 Å². The maximum absolute atomic E-state index is 13.7. The lowest BCUT2D eigenvalue weighted by Gasteiger charge is -2.08. The topological polar surface area (TPSA) is 86.4 Å². The zero-order chi connectivity index (χ0) is 18.7. The summed E-state index contributed by atoms with van der Waals surface area (Å²) in [6, 6.07) is 7.06. The Bertz CT molecular complexity index is 997. The molecule has 26 heavy (non-hydrogen) atoms. The fourth-order valence-corrected chi connectivity index (χ4v) is 3.52. The number of nitrogens with zero attached hydrogens (tertiary/aromatic N) is 2. The van der Waals surface area contributed by atoms with Crippen LogP contribution in [0, 0.1) is 5.82 Å². The van der Waals surface area contributed by atoms with Gasteiger partial charge in [0.05, 0.1) is 18.3 Å². The second-order valence-electron chi connectivity index (χ2n) is 5.57. The number of hydrogen-bond acceptors (Lipinski definition) is 5. The Kier molecular flexibility index (Phi) is 5.10.